The van der Waals surface area contributed by atoms with Gasteiger partial charge in [-0.25, -0.2) is 0 Å². The van der Waals surface area contributed by atoms with Gasteiger partial charge in [-0.1, -0.05) is 0 Å². The molecule has 1 fully saturated rings. The van der Waals surface area contributed by atoms with E-state index >= 15 is 0 Å². The van der Waals surface area contributed by atoms with Crippen LogP contribution in [0.2, 0.25) is 0 Å². The molecule has 0 aliphatic carbocycles. The van der Waals surface area contributed by atoms with Crippen molar-refractivity contribution in [2.75, 3.05) is 20.2 Å². The second kappa shape index (κ2) is 6.20. The summed E-state index contributed by atoms with van der Waals surface area (Å²) < 4.78 is 5.34. The Bertz CT molecular complexity index is 462. The fourth-order valence-corrected chi connectivity index (χ4v) is 2.68. The number of rotatable bonds is 4. The summed E-state index contributed by atoms with van der Waals surface area (Å²) >= 11 is 0. The van der Waals surface area contributed by atoms with E-state index in [0.29, 0.717) is 12.3 Å². The largest absolute Gasteiger partial charge is 0.496 e. The van der Waals surface area contributed by atoms with Gasteiger partial charge in [-0.2, -0.15) is 0 Å². The summed E-state index contributed by atoms with van der Waals surface area (Å²) in [4.78, 5) is 12.4. The average molecular weight is 261 g/mol. The highest BCUT2D eigenvalue weighted by Crippen LogP contribution is 2.25. The molecule has 1 unspecified atom stereocenters. The summed E-state index contributed by atoms with van der Waals surface area (Å²) in [6, 6.07) is 3.86. The van der Waals surface area contributed by atoms with Crippen LogP contribution in [0, 0.1) is 19.8 Å². The predicted molar refractivity (Wildman–Crippen MR) is 77.0 cm³/mol. The second-order valence-electron chi connectivity index (χ2n) is 5.46. The van der Waals surface area contributed by atoms with Crippen LogP contribution in [0.4, 0.5) is 0 Å². The summed E-state index contributed by atoms with van der Waals surface area (Å²) in [5.74, 6) is 1.52. The Hall–Kier alpha value is -1.35. The zero-order valence-electron chi connectivity index (χ0n) is 12.1. The van der Waals surface area contributed by atoms with Crippen molar-refractivity contribution in [1.29, 1.82) is 0 Å². The van der Waals surface area contributed by atoms with Crippen molar-refractivity contribution in [1.82, 2.24) is 5.32 Å². The van der Waals surface area contributed by atoms with E-state index in [1.807, 2.05) is 26.0 Å². The molecule has 104 valence electrons. The molecule has 0 bridgehead atoms. The van der Waals surface area contributed by atoms with Crippen molar-refractivity contribution in [2.45, 2.75) is 33.1 Å². The molecule has 19 heavy (non-hydrogen) atoms. The molecule has 0 spiro atoms. The van der Waals surface area contributed by atoms with E-state index in [2.05, 4.69) is 5.32 Å². The summed E-state index contributed by atoms with van der Waals surface area (Å²) in [7, 11) is 1.65. The molecule has 1 aliphatic rings. The third kappa shape index (κ3) is 3.35. The van der Waals surface area contributed by atoms with E-state index < -0.39 is 0 Å². The van der Waals surface area contributed by atoms with Gasteiger partial charge >= 0.3 is 0 Å². The lowest BCUT2D eigenvalue weighted by molar-refractivity contribution is 0.0953. The molecule has 0 saturated carbocycles. The Morgan fingerprint density at radius 1 is 1.42 bits per heavy atom. The monoisotopic (exact) mass is 261 g/mol. The topological polar surface area (TPSA) is 38.3 Å². The number of Topliss-reactive ketones (excluding diaryl/α,β-unsaturated/α-hetero) is 1. The van der Waals surface area contributed by atoms with Crippen LogP contribution in [-0.4, -0.2) is 26.0 Å². The lowest BCUT2D eigenvalue weighted by Crippen LogP contribution is -2.31. The molecule has 1 aromatic carbocycles. The Balaban J connectivity index is 2.12. The highest BCUT2D eigenvalue weighted by molar-refractivity contribution is 5.97. The van der Waals surface area contributed by atoms with Gasteiger partial charge in [-0.15, -0.1) is 0 Å². The molecule has 1 aromatic rings. The lowest BCUT2D eigenvalue weighted by atomic mass is 9.91. The van der Waals surface area contributed by atoms with Crippen LogP contribution in [0.5, 0.6) is 5.75 Å². The third-order valence-electron chi connectivity index (χ3n) is 4.03. The van der Waals surface area contributed by atoms with Gasteiger partial charge in [0.1, 0.15) is 5.75 Å². The Kier molecular flexibility index (Phi) is 4.59. The molecule has 1 atom stereocenters. The molecule has 1 heterocycles. The Morgan fingerprint density at radius 3 is 2.84 bits per heavy atom. The smallest absolute Gasteiger partial charge is 0.163 e. The van der Waals surface area contributed by atoms with E-state index in [-0.39, 0.29) is 5.78 Å². The number of aryl methyl sites for hydroxylation is 1. The van der Waals surface area contributed by atoms with Gasteiger partial charge in [0.2, 0.25) is 0 Å². The van der Waals surface area contributed by atoms with Gasteiger partial charge in [0, 0.05) is 12.0 Å². The fourth-order valence-electron chi connectivity index (χ4n) is 2.68. The summed E-state index contributed by atoms with van der Waals surface area (Å²) in [6.07, 6.45) is 2.97. The third-order valence-corrected chi connectivity index (χ3v) is 4.03. The Labute approximate surface area is 115 Å². The van der Waals surface area contributed by atoms with Crippen molar-refractivity contribution < 1.29 is 9.53 Å². The first-order valence-electron chi connectivity index (χ1n) is 7.01. The molecule has 3 nitrogen and oxygen atoms in total. The zero-order valence-corrected chi connectivity index (χ0v) is 12.1. The van der Waals surface area contributed by atoms with E-state index in [4.69, 9.17) is 4.74 Å². The van der Waals surface area contributed by atoms with Gasteiger partial charge in [0.05, 0.1) is 7.11 Å². The zero-order chi connectivity index (χ0) is 13.8. The van der Waals surface area contributed by atoms with Crippen LogP contribution in [0.1, 0.15) is 40.7 Å². The Morgan fingerprint density at radius 2 is 2.21 bits per heavy atom. The van der Waals surface area contributed by atoms with Gasteiger partial charge < -0.3 is 10.1 Å². The maximum Gasteiger partial charge on any atom is 0.163 e. The summed E-state index contributed by atoms with van der Waals surface area (Å²) in [5.41, 5.74) is 3.01. The minimum atomic E-state index is 0.232. The molecule has 1 aliphatic heterocycles. The van der Waals surface area contributed by atoms with Gasteiger partial charge in [0.15, 0.2) is 5.78 Å². The van der Waals surface area contributed by atoms with Crippen LogP contribution in [-0.2, 0) is 0 Å². The minimum absolute atomic E-state index is 0.232. The lowest BCUT2D eigenvalue weighted by Gasteiger charge is -2.22. The predicted octanol–water partition coefficient (Wildman–Crippen LogP) is 2.88. The molecule has 0 radical (unpaired) electrons. The number of nitrogens with one attached hydrogen (secondary N) is 1. The maximum absolute atomic E-state index is 12.4. The molecule has 1 saturated heterocycles. The van der Waals surface area contributed by atoms with E-state index in [0.717, 1.165) is 42.0 Å². The second-order valence-corrected chi connectivity index (χ2v) is 5.46. The molecule has 3 heteroatoms. The van der Waals surface area contributed by atoms with Crippen LogP contribution in [0.3, 0.4) is 0 Å². The van der Waals surface area contributed by atoms with Crippen molar-refractivity contribution in [3.8, 4) is 5.75 Å². The number of ether oxygens (including phenoxy) is 1. The number of carbonyl (C=O) groups excluding carboxylic acids is 1. The van der Waals surface area contributed by atoms with Crippen molar-refractivity contribution in [2.24, 2.45) is 5.92 Å². The van der Waals surface area contributed by atoms with Crippen molar-refractivity contribution in [3.05, 3.63) is 28.8 Å². The quantitative estimate of drug-likeness (QED) is 0.847. The van der Waals surface area contributed by atoms with E-state index in [9.17, 15) is 4.79 Å². The van der Waals surface area contributed by atoms with Gasteiger partial charge in [-0.3, -0.25) is 4.79 Å². The minimum Gasteiger partial charge on any atom is -0.496 e. The molecule has 1 N–H and O–H groups in total. The highest BCUT2D eigenvalue weighted by Gasteiger charge is 2.19. The van der Waals surface area contributed by atoms with Crippen LogP contribution >= 0.6 is 0 Å². The van der Waals surface area contributed by atoms with Crippen molar-refractivity contribution >= 4 is 5.78 Å². The number of hydrogen-bond donors (Lipinski definition) is 1. The van der Waals surface area contributed by atoms with E-state index in [1.165, 1.54) is 6.42 Å². The normalized spacial score (nSPS) is 19.2. The number of carbonyl (C=O) groups is 1. The number of hydrogen-bond acceptors (Lipinski definition) is 3. The number of methoxy groups -OCH3 is 1. The standard InChI is InChI=1S/C16H23NO2/c1-11-7-14(9-16(19-3)12(11)2)15(18)8-13-5-4-6-17-10-13/h7,9,13,17H,4-6,8,10H2,1-3H3. The maximum atomic E-state index is 12.4. The molecule has 0 amide bonds. The first-order chi connectivity index (χ1) is 9.11. The van der Waals surface area contributed by atoms with Gasteiger partial charge in [0.25, 0.3) is 0 Å². The molecule has 2 rings (SSSR count). The number of piperidine rings is 1. The average Bonchev–Trinajstić information content (AvgIpc) is 2.42. The van der Waals surface area contributed by atoms with Crippen LogP contribution in [0.25, 0.3) is 0 Å². The number of ketones is 1. The van der Waals surface area contributed by atoms with Crippen LogP contribution < -0.4 is 10.1 Å². The van der Waals surface area contributed by atoms with Crippen molar-refractivity contribution in [3.63, 3.8) is 0 Å². The first kappa shape index (κ1) is 14.1. The summed E-state index contributed by atoms with van der Waals surface area (Å²) in [6.45, 7) is 6.10. The van der Waals surface area contributed by atoms with E-state index in [1.54, 1.807) is 7.11 Å². The fraction of sp³-hybridized carbons (Fsp3) is 0.562. The highest BCUT2D eigenvalue weighted by atomic mass is 16.5. The molecule has 0 aromatic heterocycles. The van der Waals surface area contributed by atoms with Gasteiger partial charge in [-0.05, 0) is 69.0 Å². The number of benzene rings is 1. The molecular formula is C16H23NO2. The molecular weight excluding hydrogens is 238 g/mol. The first-order valence-corrected chi connectivity index (χ1v) is 7.01. The SMILES string of the molecule is COc1cc(C(=O)CC2CCCNC2)cc(C)c1C. The summed E-state index contributed by atoms with van der Waals surface area (Å²) in [5, 5.41) is 3.36. The van der Waals surface area contributed by atoms with Crippen LogP contribution in [0.15, 0.2) is 12.1 Å².